The van der Waals surface area contributed by atoms with Crippen molar-refractivity contribution >= 4 is 0 Å². The molecule has 0 aliphatic heterocycles. The molecule has 0 aliphatic rings. The number of benzene rings is 2. The van der Waals surface area contributed by atoms with Gasteiger partial charge in [-0.15, -0.1) is 0 Å². The first-order chi connectivity index (χ1) is 8.89. The zero-order valence-electron chi connectivity index (χ0n) is 10.8. The fourth-order valence-corrected chi connectivity index (χ4v) is 2.03. The largest absolute Gasteiger partial charge is 0.416 e. The lowest BCUT2D eigenvalue weighted by atomic mass is 9.92. The molecule has 0 bridgehead atoms. The smallest absolute Gasteiger partial charge is 0.166 e. The third-order valence-electron chi connectivity index (χ3n) is 2.99. The molecule has 0 amide bonds. The van der Waals surface area contributed by atoms with Crippen molar-refractivity contribution < 1.29 is 13.2 Å². The van der Waals surface area contributed by atoms with E-state index in [-0.39, 0.29) is 5.92 Å². The highest BCUT2D eigenvalue weighted by molar-refractivity contribution is 5.68. The van der Waals surface area contributed by atoms with Crippen LogP contribution in [0.15, 0.2) is 42.5 Å². The van der Waals surface area contributed by atoms with Crippen molar-refractivity contribution in [2.75, 3.05) is 0 Å². The van der Waals surface area contributed by atoms with Crippen LogP contribution in [0.25, 0.3) is 11.1 Å². The predicted molar refractivity (Wildman–Crippen MR) is 69.8 cm³/mol. The molecular weight excluding hydrogens is 249 g/mol. The lowest BCUT2D eigenvalue weighted by Gasteiger charge is -2.14. The van der Waals surface area contributed by atoms with Crippen LogP contribution in [-0.4, -0.2) is 0 Å². The fraction of sp³-hybridized carbons (Fsp3) is 0.250. The van der Waals surface area contributed by atoms with Gasteiger partial charge in [-0.1, -0.05) is 44.2 Å². The Balaban J connectivity index is 2.54. The maximum atomic E-state index is 12.7. The molecule has 0 heterocycles. The Morgan fingerprint density at radius 3 is 2.42 bits per heavy atom. The summed E-state index contributed by atoms with van der Waals surface area (Å²) in [6.45, 7) is 4.03. The molecule has 0 aliphatic carbocycles. The molecule has 0 nitrogen and oxygen atoms in total. The molecule has 0 saturated heterocycles. The average Bonchev–Trinajstić information content (AvgIpc) is 2.38. The van der Waals surface area contributed by atoms with Gasteiger partial charge in [0.25, 0.3) is 0 Å². The van der Waals surface area contributed by atoms with E-state index in [0.717, 1.165) is 17.2 Å². The lowest BCUT2D eigenvalue weighted by molar-refractivity contribution is -0.137. The van der Waals surface area contributed by atoms with Crippen LogP contribution in [0.3, 0.4) is 0 Å². The summed E-state index contributed by atoms with van der Waals surface area (Å²) in [6.07, 6.45) is -4.32. The van der Waals surface area contributed by atoms with Crippen molar-refractivity contribution in [3.05, 3.63) is 59.7 Å². The van der Waals surface area contributed by atoms with Gasteiger partial charge >= 0.3 is 6.18 Å². The zero-order valence-corrected chi connectivity index (χ0v) is 10.8. The third kappa shape index (κ3) is 2.98. The van der Waals surface area contributed by atoms with E-state index in [2.05, 4.69) is 6.07 Å². The normalized spacial score (nSPS) is 11.9. The van der Waals surface area contributed by atoms with E-state index in [9.17, 15) is 13.2 Å². The zero-order chi connectivity index (χ0) is 14.0. The second-order valence-corrected chi connectivity index (χ2v) is 4.73. The Labute approximate surface area is 110 Å². The highest BCUT2D eigenvalue weighted by atomic mass is 19.4. The summed E-state index contributed by atoms with van der Waals surface area (Å²) >= 11 is 0. The average molecular weight is 263 g/mol. The van der Waals surface area contributed by atoms with E-state index in [1.165, 1.54) is 12.1 Å². The van der Waals surface area contributed by atoms with Gasteiger partial charge < -0.3 is 0 Å². The van der Waals surface area contributed by atoms with Crippen molar-refractivity contribution in [1.82, 2.24) is 0 Å². The van der Waals surface area contributed by atoms with Crippen LogP contribution >= 0.6 is 0 Å². The summed E-state index contributed by atoms with van der Waals surface area (Å²) < 4.78 is 38.2. The van der Waals surface area contributed by atoms with Gasteiger partial charge in [0.05, 0.1) is 5.56 Å². The van der Waals surface area contributed by atoms with Crippen molar-refractivity contribution in [1.29, 1.82) is 0 Å². The summed E-state index contributed by atoms with van der Waals surface area (Å²) in [6, 6.07) is 13.9. The van der Waals surface area contributed by atoms with Gasteiger partial charge in [-0.25, -0.2) is 0 Å². The van der Waals surface area contributed by atoms with Crippen molar-refractivity contribution in [2.24, 2.45) is 0 Å². The third-order valence-corrected chi connectivity index (χ3v) is 2.99. The molecule has 0 saturated carbocycles. The van der Waals surface area contributed by atoms with Crippen LogP contribution in [0.2, 0.25) is 0 Å². The number of halogens is 3. The second-order valence-electron chi connectivity index (χ2n) is 4.73. The van der Waals surface area contributed by atoms with Gasteiger partial charge in [0.2, 0.25) is 0 Å². The SMILES string of the molecule is CC(C)c1ccc[c]c1-c1cccc(C(F)(F)F)c1. The standard InChI is InChI=1S/C16H14F3/c1-11(2)14-8-3-4-9-15(14)12-6-5-7-13(10-12)16(17,18)19/h3-8,10-11H,1-2H3. The second kappa shape index (κ2) is 5.08. The van der Waals surface area contributed by atoms with Crippen LogP contribution in [0.4, 0.5) is 13.2 Å². The van der Waals surface area contributed by atoms with E-state index in [0.29, 0.717) is 5.56 Å². The number of hydrogen-bond donors (Lipinski definition) is 0. The van der Waals surface area contributed by atoms with Gasteiger partial charge in [0.1, 0.15) is 0 Å². The van der Waals surface area contributed by atoms with Gasteiger partial charge in [0, 0.05) is 0 Å². The van der Waals surface area contributed by atoms with Crippen LogP contribution in [0.1, 0.15) is 30.9 Å². The molecule has 3 heteroatoms. The van der Waals surface area contributed by atoms with Crippen LogP contribution in [0.5, 0.6) is 0 Å². The molecule has 0 unspecified atom stereocenters. The first-order valence-corrected chi connectivity index (χ1v) is 6.08. The minimum atomic E-state index is -4.32. The molecule has 2 rings (SSSR count). The summed E-state index contributed by atoms with van der Waals surface area (Å²) in [5.41, 5.74) is 1.67. The lowest BCUT2D eigenvalue weighted by Crippen LogP contribution is -2.04. The molecule has 2 aromatic rings. The molecule has 0 N–H and O–H groups in total. The van der Waals surface area contributed by atoms with Crippen LogP contribution < -0.4 is 0 Å². The molecular formula is C16H14F3. The minimum Gasteiger partial charge on any atom is -0.166 e. The van der Waals surface area contributed by atoms with Gasteiger partial charge in [-0.3, -0.25) is 0 Å². The Bertz CT molecular complexity index is 568. The molecule has 1 radical (unpaired) electrons. The Morgan fingerprint density at radius 1 is 1.05 bits per heavy atom. The minimum absolute atomic E-state index is 0.238. The van der Waals surface area contributed by atoms with E-state index in [1.807, 2.05) is 26.0 Å². The van der Waals surface area contributed by atoms with Crippen LogP contribution in [0, 0.1) is 6.07 Å². The predicted octanol–water partition coefficient (Wildman–Crippen LogP) is 5.30. The molecule has 0 fully saturated rings. The maximum absolute atomic E-state index is 12.7. The molecule has 0 aromatic heterocycles. The Hall–Kier alpha value is -1.77. The van der Waals surface area contributed by atoms with Crippen molar-refractivity contribution in [3.8, 4) is 11.1 Å². The number of hydrogen-bond acceptors (Lipinski definition) is 0. The van der Waals surface area contributed by atoms with E-state index in [1.54, 1.807) is 12.1 Å². The first-order valence-electron chi connectivity index (χ1n) is 6.08. The van der Waals surface area contributed by atoms with Crippen molar-refractivity contribution in [3.63, 3.8) is 0 Å². The van der Waals surface area contributed by atoms with E-state index >= 15 is 0 Å². The van der Waals surface area contributed by atoms with Gasteiger partial charge in [0.15, 0.2) is 0 Å². The highest BCUT2D eigenvalue weighted by Crippen LogP contribution is 2.34. The summed E-state index contributed by atoms with van der Waals surface area (Å²) in [5, 5.41) is 0. The maximum Gasteiger partial charge on any atom is 0.416 e. The topological polar surface area (TPSA) is 0 Å². The van der Waals surface area contributed by atoms with Gasteiger partial charge in [-0.2, -0.15) is 13.2 Å². The van der Waals surface area contributed by atoms with Gasteiger partial charge in [-0.05, 0) is 40.8 Å². The molecule has 2 aromatic carbocycles. The molecule has 0 atom stereocenters. The van der Waals surface area contributed by atoms with E-state index in [4.69, 9.17) is 0 Å². The highest BCUT2D eigenvalue weighted by Gasteiger charge is 2.30. The Morgan fingerprint density at radius 2 is 1.79 bits per heavy atom. The molecule has 99 valence electrons. The summed E-state index contributed by atoms with van der Waals surface area (Å²) in [5.74, 6) is 0.238. The summed E-state index contributed by atoms with van der Waals surface area (Å²) in [4.78, 5) is 0. The van der Waals surface area contributed by atoms with E-state index < -0.39 is 11.7 Å². The quantitative estimate of drug-likeness (QED) is 0.690. The van der Waals surface area contributed by atoms with Crippen LogP contribution in [-0.2, 0) is 6.18 Å². The Kier molecular flexibility index (Phi) is 3.65. The number of alkyl halides is 3. The monoisotopic (exact) mass is 263 g/mol. The molecule has 0 spiro atoms. The molecule has 19 heavy (non-hydrogen) atoms. The van der Waals surface area contributed by atoms with Crippen molar-refractivity contribution in [2.45, 2.75) is 25.9 Å². The number of rotatable bonds is 2. The summed E-state index contributed by atoms with van der Waals surface area (Å²) in [7, 11) is 0. The fourth-order valence-electron chi connectivity index (χ4n) is 2.03. The first kappa shape index (κ1) is 13.7.